The van der Waals surface area contributed by atoms with Gasteiger partial charge in [0.25, 0.3) is 0 Å². The Morgan fingerprint density at radius 1 is 1.00 bits per heavy atom. The first kappa shape index (κ1) is 12.5. The lowest BCUT2D eigenvalue weighted by atomic mass is 10.1. The third-order valence-electron chi connectivity index (χ3n) is 3.27. The minimum atomic E-state index is -0.776. The van der Waals surface area contributed by atoms with Gasteiger partial charge in [-0.1, -0.05) is 0 Å². The molecule has 0 N–H and O–H groups in total. The van der Waals surface area contributed by atoms with E-state index < -0.39 is 36.2 Å². The molecule has 102 valence electrons. The first-order chi connectivity index (χ1) is 8.27. The Balaban J connectivity index is 1.70. The molecule has 0 saturated carbocycles. The van der Waals surface area contributed by atoms with Gasteiger partial charge in [0.1, 0.15) is 6.10 Å². The second kappa shape index (κ2) is 3.74. The van der Waals surface area contributed by atoms with Gasteiger partial charge in [0.2, 0.25) is 0 Å². The van der Waals surface area contributed by atoms with Gasteiger partial charge in [-0.25, -0.2) is 0 Å². The van der Waals surface area contributed by atoms with E-state index in [1.54, 1.807) is 13.8 Å². The van der Waals surface area contributed by atoms with Gasteiger partial charge >= 0.3 is 0 Å². The van der Waals surface area contributed by atoms with E-state index in [-0.39, 0.29) is 5.78 Å². The van der Waals surface area contributed by atoms with Gasteiger partial charge in [0, 0.05) is 0 Å². The molecular formula is C12H18O6. The summed E-state index contributed by atoms with van der Waals surface area (Å²) in [5, 5.41) is 0. The van der Waals surface area contributed by atoms with Crippen LogP contribution in [-0.4, -0.2) is 48.6 Å². The van der Waals surface area contributed by atoms with Gasteiger partial charge in [-0.3, -0.25) is 4.79 Å². The van der Waals surface area contributed by atoms with Crippen LogP contribution in [-0.2, 0) is 28.5 Å². The van der Waals surface area contributed by atoms with Crippen molar-refractivity contribution in [3.8, 4) is 0 Å². The van der Waals surface area contributed by atoms with Crippen LogP contribution >= 0.6 is 0 Å². The van der Waals surface area contributed by atoms with Crippen LogP contribution in [0, 0.1) is 0 Å². The maximum absolute atomic E-state index is 12.2. The van der Waals surface area contributed by atoms with E-state index in [9.17, 15) is 4.79 Å². The van der Waals surface area contributed by atoms with Crippen molar-refractivity contribution >= 4 is 5.78 Å². The van der Waals surface area contributed by atoms with E-state index in [4.69, 9.17) is 23.7 Å². The minimum absolute atomic E-state index is 0.128. The summed E-state index contributed by atoms with van der Waals surface area (Å²) in [6, 6.07) is 0. The fourth-order valence-electron chi connectivity index (χ4n) is 2.53. The molecule has 0 aromatic heterocycles. The quantitative estimate of drug-likeness (QED) is 0.685. The monoisotopic (exact) mass is 258 g/mol. The van der Waals surface area contributed by atoms with Crippen molar-refractivity contribution in [3.63, 3.8) is 0 Å². The van der Waals surface area contributed by atoms with E-state index >= 15 is 0 Å². The number of ether oxygens (including phenoxy) is 5. The van der Waals surface area contributed by atoms with Crippen molar-refractivity contribution in [2.24, 2.45) is 0 Å². The van der Waals surface area contributed by atoms with Crippen molar-refractivity contribution in [3.05, 3.63) is 0 Å². The molecule has 0 aromatic carbocycles. The highest BCUT2D eigenvalue weighted by Gasteiger charge is 2.57. The Kier molecular flexibility index (Phi) is 2.60. The first-order valence-electron chi connectivity index (χ1n) is 6.14. The van der Waals surface area contributed by atoms with Crippen molar-refractivity contribution in [1.82, 2.24) is 0 Å². The van der Waals surface area contributed by atoms with E-state index in [1.165, 1.54) is 0 Å². The molecule has 2 unspecified atom stereocenters. The smallest absolute Gasteiger partial charge is 0.198 e. The lowest BCUT2D eigenvalue weighted by Crippen LogP contribution is -2.39. The Hall–Kier alpha value is -0.530. The number of rotatable bonds is 1. The summed E-state index contributed by atoms with van der Waals surface area (Å²) in [6.07, 6.45) is -2.35. The number of hydrogen-bond acceptors (Lipinski definition) is 6. The molecule has 0 amide bonds. The normalized spacial score (nSPS) is 45.4. The summed E-state index contributed by atoms with van der Waals surface area (Å²) in [6.45, 7) is 7.48. The predicted octanol–water partition coefficient (Wildman–Crippen LogP) is 0.583. The van der Waals surface area contributed by atoms with Gasteiger partial charge in [-0.05, 0) is 27.7 Å². The molecule has 4 atom stereocenters. The van der Waals surface area contributed by atoms with Crippen LogP contribution in [0.2, 0.25) is 0 Å². The molecule has 3 heterocycles. The lowest BCUT2D eigenvalue weighted by molar-refractivity contribution is -0.219. The number of fused-ring (bicyclic) bond motifs is 1. The van der Waals surface area contributed by atoms with Crippen LogP contribution < -0.4 is 0 Å². The van der Waals surface area contributed by atoms with Gasteiger partial charge in [-0.2, -0.15) is 0 Å². The zero-order valence-electron chi connectivity index (χ0n) is 11.0. The van der Waals surface area contributed by atoms with Gasteiger partial charge in [-0.15, -0.1) is 0 Å². The summed E-state index contributed by atoms with van der Waals surface area (Å²) in [4.78, 5) is 12.2. The van der Waals surface area contributed by atoms with Crippen LogP contribution in [0.5, 0.6) is 0 Å². The molecule has 18 heavy (non-hydrogen) atoms. The highest BCUT2D eigenvalue weighted by molar-refractivity contribution is 5.90. The second-order valence-electron chi connectivity index (χ2n) is 5.75. The summed E-state index contributed by atoms with van der Waals surface area (Å²) < 4.78 is 27.7. The van der Waals surface area contributed by atoms with Gasteiger partial charge in [0.15, 0.2) is 35.9 Å². The summed E-state index contributed by atoms with van der Waals surface area (Å²) in [5.41, 5.74) is 0. The molecule has 0 aromatic rings. The van der Waals surface area contributed by atoms with Crippen molar-refractivity contribution in [1.29, 1.82) is 0 Å². The van der Waals surface area contributed by atoms with Crippen LogP contribution in [0.15, 0.2) is 0 Å². The lowest BCUT2D eigenvalue weighted by Gasteiger charge is -2.23. The second-order valence-corrected chi connectivity index (χ2v) is 5.75. The van der Waals surface area contributed by atoms with Gasteiger partial charge < -0.3 is 23.7 Å². The third-order valence-corrected chi connectivity index (χ3v) is 3.27. The van der Waals surface area contributed by atoms with Crippen LogP contribution in [0.4, 0.5) is 0 Å². The SMILES string of the molecule is CC1(C)OCC([C@H]2O[C@H]3OC(C)(C)OC3C2=O)O1. The van der Waals surface area contributed by atoms with Crippen molar-refractivity contribution < 1.29 is 28.5 Å². The summed E-state index contributed by atoms with van der Waals surface area (Å²) >= 11 is 0. The van der Waals surface area contributed by atoms with Crippen LogP contribution in [0.1, 0.15) is 27.7 Å². The van der Waals surface area contributed by atoms with Crippen molar-refractivity contribution in [2.75, 3.05) is 6.61 Å². The summed E-state index contributed by atoms with van der Waals surface area (Å²) in [7, 11) is 0. The van der Waals surface area contributed by atoms with Crippen molar-refractivity contribution in [2.45, 2.75) is 63.9 Å². The molecule has 0 aliphatic carbocycles. The fraction of sp³-hybridized carbons (Fsp3) is 0.917. The van der Waals surface area contributed by atoms with E-state index in [2.05, 4.69) is 0 Å². The number of carbonyl (C=O) groups is 1. The van der Waals surface area contributed by atoms with E-state index in [1.807, 2.05) is 13.8 Å². The fourth-order valence-corrected chi connectivity index (χ4v) is 2.53. The Bertz CT molecular complexity index is 377. The Morgan fingerprint density at radius 2 is 1.72 bits per heavy atom. The molecule has 6 heteroatoms. The number of hydrogen-bond donors (Lipinski definition) is 0. The molecule has 0 bridgehead atoms. The average molecular weight is 258 g/mol. The number of ketones is 1. The molecule has 3 aliphatic rings. The first-order valence-corrected chi connectivity index (χ1v) is 6.14. The molecule has 0 radical (unpaired) electrons. The highest BCUT2D eigenvalue weighted by atomic mass is 16.8. The average Bonchev–Trinajstić information content (AvgIpc) is 2.81. The number of carbonyl (C=O) groups excluding carboxylic acids is 1. The standard InChI is InChI=1S/C12H18O6/c1-11(2)14-5-6(16-11)8-7(13)9-10(15-8)18-12(3,4)17-9/h6,8-10H,5H2,1-4H3/t6?,8-,9?,10+/m1/s1. The largest absolute Gasteiger partial charge is 0.348 e. The molecule has 3 rings (SSSR count). The van der Waals surface area contributed by atoms with Crippen LogP contribution in [0.25, 0.3) is 0 Å². The molecule has 6 nitrogen and oxygen atoms in total. The predicted molar refractivity (Wildman–Crippen MR) is 58.6 cm³/mol. The number of Topliss-reactive ketones (excluding diaryl/α,β-unsaturated/α-hetero) is 1. The zero-order valence-corrected chi connectivity index (χ0v) is 11.0. The van der Waals surface area contributed by atoms with E-state index in [0.29, 0.717) is 6.61 Å². The molecule has 3 aliphatic heterocycles. The topological polar surface area (TPSA) is 63.2 Å². The Labute approximate surface area is 105 Å². The maximum atomic E-state index is 12.2. The molecule has 3 saturated heterocycles. The van der Waals surface area contributed by atoms with Gasteiger partial charge in [0.05, 0.1) is 6.61 Å². The maximum Gasteiger partial charge on any atom is 0.198 e. The van der Waals surface area contributed by atoms with Crippen LogP contribution in [0.3, 0.4) is 0 Å². The molecule has 3 fully saturated rings. The minimum Gasteiger partial charge on any atom is -0.348 e. The van der Waals surface area contributed by atoms with E-state index in [0.717, 1.165) is 0 Å². The molecular weight excluding hydrogens is 240 g/mol. The zero-order chi connectivity index (χ0) is 13.1. The highest BCUT2D eigenvalue weighted by Crippen LogP contribution is 2.38. The third kappa shape index (κ3) is 1.98. The summed E-state index contributed by atoms with van der Waals surface area (Å²) in [5.74, 6) is -1.58. The Morgan fingerprint density at radius 3 is 2.28 bits per heavy atom. The molecule has 0 spiro atoms.